The molecular weight excluding hydrogens is 402 g/mol. The van der Waals surface area contributed by atoms with Gasteiger partial charge in [-0.05, 0) is 41.5 Å². The van der Waals surface area contributed by atoms with E-state index in [9.17, 15) is 14.7 Å². The second kappa shape index (κ2) is 8.04. The largest absolute Gasteiger partial charge is 0.478 e. The number of aromatic carboxylic acids is 1. The highest BCUT2D eigenvalue weighted by atomic mass is 16.4. The fourth-order valence-electron chi connectivity index (χ4n) is 3.96. The number of carbonyl (C=O) groups is 1. The van der Waals surface area contributed by atoms with Crippen LogP contribution in [0.1, 0.15) is 15.9 Å². The van der Waals surface area contributed by atoms with E-state index in [0.29, 0.717) is 29.0 Å². The van der Waals surface area contributed by atoms with Crippen LogP contribution in [0.15, 0.2) is 100 Å². The minimum atomic E-state index is -1.01. The maximum Gasteiger partial charge on any atom is 0.336 e. The van der Waals surface area contributed by atoms with E-state index < -0.39 is 5.97 Å². The van der Waals surface area contributed by atoms with Crippen LogP contribution in [0.5, 0.6) is 0 Å². The molecule has 32 heavy (non-hydrogen) atoms. The zero-order valence-electron chi connectivity index (χ0n) is 17.0. The van der Waals surface area contributed by atoms with Crippen molar-refractivity contribution in [2.24, 2.45) is 0 Å². The third-order valence-electron chi connectivity index (χ3n) is 5.46. The van der Waals surface area contributed by atoms with E-state index in [-0.39, 0.29) is 11.0 Å². The van der Waals surface area contributed by atoms with Gasteiger partial charge in [0.05, 0.1) is 5.56 Å². The fraction of sp³-hybridized carbons (Fsp3) is 0.0370. The molecule has 5 heteroatoms. The predicted molar refractivity (Wildman–Crippen MR) is 125 cm³/mol. The molecule has 156 valence electrons. The number of fused-ring (bicyclic) bond motifs is 2. The number of benzene rings is 4. The van der Waals surface area contributed by atoms with Gasteiger partial charge in [0.15, 0.2) is 5.43 Å². The van der Waals surface area contributed by atoms with Crippen LogP contribution in [0.4, 0.5) is 5.69 Å². The van der Waals surface area contributed by atoms with Crippen LogP contribution in [0, 0.1) is 0 Å². The molecule has 3 aromatic rings. The number of anilines is 1. The maximum absolute atomic E-state index is 12.0. The monoisotopic (exact) mass is 421 g/mol. The Kier molecular flexibility index (Phi) is 4.92. The number of hydrogen-bond donors (Lipinski definition) is 2. The predicted octanol–water partition coefficient (Wildman–Crippen LogP) is 5.88. The molecule has 0 saturated heterocycles. The molecule has 3 aromatic carbocycles. The number of carboxylic acid groups (broad SMARTS) is 1. The summed E-state index contributed by atoms with van der Waals surface area (Å²) in [6.07, 6.45) is 0. The lowest BCUT2D eigenvalue weighted by molar-refractivity contribution is 0.0697. The molecule has 2 aliphatic rings. The first-order valence-electron chi connectivity index (χ1n) is 10.2. The van der Waals surface area contributed by atoms with Crippen LogP contribution in [-0.4, -0.2) is 11.1 Å². The van der Waals surface area contributed by atoms with Crippen LogP contribution >= 0.6 is 0 Å². The summed E-state index contributed by atoms with van der Waals surface area (Å²) in [6, 6.07) is 27.3. The number of carboxylic acids is 1. The van der Waals surface area contributed by atoms with Crippen molar-refractivity contribution in [2.75, 3.05) is 5.32 Å². The van der Waals surface area contributed by atoms with Gasteiger partial charge in [0.1, 0.15) is 11.3 Å². The lowest BCUT2D eigenvalue weighted by Gasteiger charge is -2.17. The number of hydrogen-bond acceptors (Lipinski definition) is 4. The van der Waals surface area contributed by atoms with Crippen molar-refractivity contribution in [1.29, 1.82) is 0 Å². The third kappa shape index (κ3) is 3.61. The SMILES string of the molecule is O=C(O)c1ccccc1-c1c2ccc(=O)cc-2oc2cc(NCc3ccccc3)ccc12. The van der Waals surface area contributed by atoms with Gasteiger partial charge in [0.25, 0.3) is 0 Å². The van der Waals surface area contributed by atoms with Crippen molar-refractivity contribution < 1.29 is 14.3 Å². The molecule has 2 N–H and O–H groups in total. The summed E-state index contributed by atoms with van der Waals surface area (Å²) in [5, 5.41) is 13.9. The molecule has 1 aliphatic carbocycles. The Balaban J connectivity index is 1.70. The summed E-state index contributed by atoms with van der Waals surface area (Å²) in [5.41, 5.74) is 4.60. The molecular formula is C27H19NO4. The second-order valence-electron chi connectivity index (χ2n) is 7.54. The van der Waals surface area contributed by atoms with E-state index in [1.54, 1.807) is 30.3 Å². The van der Waals surface area contributed by atoms with Gasteiger partial charge in [0.2, 0.25) is 0 Å². The van der Waals surface area contributed by atoms with Gasteiger partial charge in [0, 0.05) is 40.9 Å². The third-order valence-corrected chi connectivity index (χ3v) is 5.46. The summed E-state index contributed by atoms with van der Waals surface area (Å²) in [6.45, 7) is 0.652. The molecule has 1 heterocycles. The summed E-state index contributed by atoms with van der Waals surface area (Å²) in [7, 11) is 0. The standard InChI is InChI=1S/C27H19NO4/c29-19-11-13-23-25(15-19)32-24-14-18(28-16-17-6-2-1-3-7-17)10-12-22(24)26(23)20-8-4-5-9-21(20)27(30)31/h1-15,28H,16H2,(H,30,31). The van der Waals surface area contributed by atoms with Gasteiger partial charge in [-0.15, -0.1) is 0 Å². The number of nitrogens with one attached hydrogen (secondary N) is 1. The molecule has 0 amide bonds. The molecule has 5 rings (SSSR count). The normalized spacial score (nSPS) is 11.0. The molecule has 0 bridgehead atoms. The Morgan fingerprint density at radius 3 is 2.44 bits per heavy atom. The Hall–Kier alpha value is -4.38. The smallest absolute Gasteiger partial charge is 0.336 e. The van der Waals surface area contributed by atoms with Crippen LogP contribution in [0.3, 0.4) is 0 Å². The van der Waals surface area contributed by atoms with Gasteiger partial charge in [-0.25, -0.2) is 4.79 Å². The number of rotatable bonds is 5. The Bertz CT molecular complexity index is 1470. The average molecular weight is 421 g/mol. The summed E-state index contributed by atoms with van der Waals surface area (Å²) < 4.78 is 6.09. The highest BCUT2D eigenvalue weighted by Crippen LogP contribution is 2.41. The fourth-order valence-corrected chi connectivity index (χ4v) is 3.96. The first-order chi connectivity index (χ1) is 15.6. The topological polar surface area (TPSA) is 79.5 Å². The summed E-state index contributed by atoms with van der Waals surface area (Å²) in [4.78, 5) is 23.9. The van der Waals surface area contributed by atoms with Gasteiger partial charge >= 0.3 is 5.97 Å². The van der Waals surface area contributed by atoms with Crippen LogP contribution < -0.4 is 10.7 Å². The quantitative estimate of drug-likeness (QED) is 0.347. The Labute approximate surface area is 183 Å². The summed E-state index contributed by atoms with van der Waals surface area (Å²) in [5.74, 6) is -0.593. The average Bonchev–Trinajstić information content (AvgIpc) is 2.81. The summed E-state index contributed by atoms with van der Waals surface area (Å²) >= 11 is 0. The van der Waals surface area contributed by atoms with E-state index in [1.165, 1.54) is 12.1 Å². The van der Waals surface area contributed by atoms with Crippen molar-refractivity contribution in [3.05, 3.63) is 112 Å². The molecule has 0 spiro atoms. The van der Waals surface area contributed by atoms with Crippen molar-refractivity contribution in [1.82, 2.24) is 0 Å². The Morgan fingerprint density at radius 1 is 0.844 bits per heavy atom. The van der Waals surface area contributed by atoms with Crippen LogP contribution in [0.25, 0.3) is 33.4 Å². The van der Waals surface area contributed by atoms with Crippen molar-refractivity contribution in [3.63, 3.8) is 0 Å². The lowest BCUT2D eigenvalue weighted by atomic mass is 9.91. The maximum atomic E-state index is 12.0. The van der Waals surface area contributed by atoms with Gasteiger partial charge in [-0.2, -0.15) is 0 Å². The minimum absolute atomic E-state index is 0.170. The minimum Gasteiger partial charge on any atom is -0.478 e. The zero-order valence-corrected chi connectivity index (χ0v) is 17.0. The zero-order chi connectivity index (χ0) is 22.1. The second-order valence-corrected chi connectivity index (χ2v) is 7.54. The van der Waals surface area contributed by atoms with Gasteiger partial charge in [-0.1, -0.05) is 48.5 Å². The molecule has 0 fully saturated rings. The van der Waals surface area contributed by atoms with E-state index >= 15 is 0 Å². The molecule has 5 nitrogen and oxygen atoms in total. The molecule has 0 unspecified atom stereocenters. The van der Waals surface area contributed by atoms with E-state index in [2.05, 4.69) is 5.32 Å². The van der Waals surface area contributed by atoms with Crippen molar-refractivity contribution in [2.45, 2.75) is 6.54 Å². The highest BCUT2D eigenvalue weighted by molar-refractivity contribution is 6.07. The van der Waals surface area contributed by atoms with E-state index in [1.807, 2.05) is 48.5 Å². The van der Waals surface area contributed by atoms with Gasteiger partial charge < -0.3 is 14.8 Å². The first-order valence-corrected chi connectivity index (χ1v) is 10.2. The molecule has 1 aliphatic heterocycles. The van der Waals surface area contributed by atoms with Crippen molar-refractivity contribution >= 4 is 22.6 Å². The Morgan fingerprint density at radius 2 is 1.62 bits per heavy atom. The first kappa shape index (κ1) is 19.6. The van der Waals surface area contributed by atoms with Crippen LogP contribution in [0.2, 0.25) is 0 Å². The molecule has 0 atom stereocenters. The van der Waals surface area contributed by atoms with Crippen molar-refractivity contribution in [3.8, 4) is 22.5 Å². The van der Waals surface area contributed by atoms with E-state index in [4.69, 9.17) is 4.42 Å². The van der Waals surface area contributed by atoms with Gasteiger partial charge in [-0.3, -0.25) is 4.79 Å². The highest BCUT2D eigenvalue weighted by Gasteiger charge is 2.21. The molecule has 0 aromatic heterocycles. The molecule has 0 radical (unpaired) electrons. The van der Waals surface area contributed by atoms with Crippen LogP contribution in [-0.2, 0) is 6.54 Å². The lowest BCUT2D eigenvalue weighted by Crippen LogP contribution is -2.03. The molecule has 0 saturated carbocycles. The van der Waals surface area contributed by atoms with E-state index in [0.717, 1.165) is 22.2 Å².